The highest BCUT2D eigenvalue weighted by molar-refractivity contribution is 7.86. The molecule has 0 radical (unpaired) electrons. The van der Waals surface area contributed by atoms with Gasteiger partial charge >= 0.3 is 0 Å². The molecule has 1 aromatic heterocycles. The molecule has 1 aromatic carbocycles. The summed E-state index contributed by atoms with van der Waals surface area (Å²) < 4.78 is 27.4. The predicted octanol–water partition coefficient (Wildman–Crippen LogP) is 0.922. The Balaban J connectivity index is 2.05. The zero-order valence-electron chi connectivity index (χ0n) is 12.3. The number of rotatable bonds is 6. The average Bonchev–Trinajstić information content (AvgIpc) is 2.85. The first-order valence-electron chi connectivity index (χ1n) is 6.49. The van der Waals surface area contributed by atoms with Crippen LogP contribution in [0.1, 0.15) is 17.2 Å². The fourth-order valence-electron chi connectivity index (χ4n) is 1.90. The molecule has 1 N–H and O–H groups in total. The van der Waals surface area contributed by atoms with Gasteiger partial charge in [-0.25, -0.2) is 4.98 Å². The van der Waals surface area contributed by atoms with E-state index in [0.29, 0.717) is 18.2 Å². The monoisotopic (exact) mass is 309 g/mol. The Morgan fingerprint density at radius 3 is 2.29 bits per heavy atom. The van der Waals surface area contributed by atoms with Crippen LogP contribution in [0.4, 0.5) is 0 Å². The second-order valence-corrected chi connectivity index (χ2v) is 6.98. The molecule has 2 rings (SSSR count). The van der Waals surface area contributed by atoms with Gasteiger partial charge in [-0.3, -0.25) is 5.10 Å². The zero-order valence-corrected chi connectivity index (χ0v) is 13.1. The Labute approximate surface area is 124 Å². The van der Waals surface area contributed by atoms with Crippen molar-refractivity contribution in [2.24, 2.45) is 0 Å². The second-order valence-electron chi connectivity index (χ2n) is 4.84. The van der Waals surface area contributed by atoms with Crippen molar-refractivity contribution in [3.63, 3.8) is 0 Å². The van der Waals surface area contributed by atoms with E-state index in [1.165, 1.54) is 15.7 Å². The van der Waals surface area contributed by atoms with E-state index in [1.54, 1.807) is 14.0 Å². The van der Waals surface area contributed by atoms with Gasteiger partial charge in [0, 0.05) is 20.6 Å². The second kappa shape index (κ2) is 6.33. The van der Waals surface area contributed by atoms with Gasteiger partial charge in [-0.05, 0) is 12.5 Å². The number of aromatic nitrogens is 3. The molecule has 0 saturated heterocycles. The molecule has 21 heavy (non-hydrogen) atoms. The SMILES string of the molecule is Cc1nc(CN(C)S(=O)(=O)N(C)Cc2ccccc2)n[nH]1. The molecule has 8 heteroatoms. The van der Waals surface area contributed by atoms with Crippen LogP contribution in [0.15, 0.2) is 30.3 Å². The summed E-state index contributed by atoms with van der Waals surface area (Å²) >= 11 is 0. The molecule has 0 atom stereocenters. The molecule has 0 saturated carbocycles. The molecule has 0 bridgehead atoms. The van der Waals surface area contributed by atoms with Crippen molar-refractivity contribution < 1.29 is 8.42 Å². The Kier molecular flexibility index (Phi) is 4.71. The summed E-state index contributed by atoms with van der Waals surface area (Å²) in [6.45, 7) is 2.22. The molecule has 0 fully saturated rings. The number of nitrogens with zero attached hydrogens (tertiary/aromatic N) is 4. The van der Waals surface area contributed by atoms with E-state index in [0.717, 1.165) is 5.56 Å². The lowest BCUT2D eigenvalue weighted by molar-refractivity contribution is 0.382. The van der Waals surface area contributed by atoms with Gasteiger partial charge in [0.15, 0.2) is 5.82 Å². The molecular weight excluding hydrogens is 290 g/mol. The van der Waals surface area contributed by atoms with Gasteiger partial charge in [-0.2, -0.15) is 22.1 Å². The summed E-state index contributed by atoms with van der Waals surface area (Å²) in [5.41, 5.74) is 0.936. The van der Waals surface area contributed by atoms with E-state index in [4.69, 9.17) is 0 Å². The van der Waals surface area contributed by atoms with Gasteiger partial charge in [0.05, 0.1) is 6.54 Å². The minimum absolute atomic E-state index is 0.131. The minimum atomic E-state index is -3.55. The van der Waals surface area contributed by atoms with Crippen molar-refractivity contribution in [3.8, 4) is 0 Å². The number of hydrogen-bond donors (Lipinski definition) is 1. The van der Waals surface area contributed by atoms with E-state index in [-0.39, 0.29) is 6.54 Å². The third-order valence-corrected chi connectivity index (χ3v) is 4.88. The maximum atomic E-state index is 12.4. The number of benzene rings is 1. The summed E-state index contributed by atoms with van der Waals surface area (Å²) in [5, 5.41) is 6.65. The molecule has 114 valence electrons. The fourth-order valence-corrected chi connectivity index (χ4v) is 2.97. The number of nitrogens with one attached hydrogen (secondary N) is 1. The Morgan fingerprint density at radius 2 is 1.71 bits per heavy atom. The van der Waals surface area contributed by atoms with E-state index >= 15 is 0 Å². The highest BCUT2D eigenvalue weighted by Crippen LogP contribution is 2.11. The zero-order chi connectivity index (χ0) is 15.5. The summed E-state index contributed by atoms with van der Waals surface area (Å²) in [6.07, 6.45) is 0. The summed E-state index contributed by atoms with van der Waals surface area (Å²) in [5.74, 6) is 1.11. The van der Waals surface area contributed by atoms with Crippen LogP contribution < -0.4 is 0 Å². The van der Waals surface area contributed by atoms with Gasteiger partial charge < -0.3 is 0 Å². The first kappa shape index (κ1) is 15.6. The lowest BCUT2D eigenvalue weighted by Gasteiger charge is -2.23. The Morgan fingerprint density at radius 1 is 1.10 bits per heavy atom. The van der Waals surface area contributed by atoms with Gasteiger partial charge in [0.1, 0.15) is 5.82 Å². The van der Waals surface area contributed by atoms with Crippen LogP contribution >= 0.6 is 0 Å². The van der Waals surface area contributed by atoms with Crippen LogP contribution in [0, 0.1) is 6.92 Å². The van der Waals surface area contributed by atoms with Crippen molar-refractivity contribution in [2.45, 2.75) is 20.0 Å². The Hall–Kier alpha value is -1.77. The number of aryl methyl sites for hydroxylation is 1. The lowest BCUT2D eigenvalue weighted by atomic mass is 10.2. The van der Waals surface area contributed by atoms with Gasteiger partial charge in [0.2, 0.25) is 0 Å². The van der Waals surface area contributed by atoms with Crippen LogP contribution in [0.5, 0.6) is 0 Å². The third-order valence-electron chi connectivity index (χ3n) is 3.04. The largest absolute Gasteiger partial charge is 0.282 e. The van der Waals surface area contributed by atoms with Crippen LogP contribution in [-0.4, -0.2) is 46.3 Å². The molecule has 0 unspecified atom stereocenters. The highest BCUT2D eigenvalue weighted by atomic mass is 32.2. The maximum absolute atomic E-state index is 12.4. The van der Waals surface area contributed by atoms with Crippen molar-refractivity contribution in [1.82, 2.24) is 23.8 Å². The molecule has 0 aliphatic carbocycles. The molecular formula is C13H19N5O2S. The number of H-pyrrole nitrogens is 1. The summed E-state index contributed by atoms with van der Waals surface area (Å²) in [4.78, 5) is 4.12. The molecule has 0 amide bonds. The predicted molar refractivity (Wildman–Crippen MR) is 79.4 cm³/mol. The molecule has 0 aliphatic heterocycles. The molecule has 0 aliphatic rings. The maximum Gasteiger partial charge on any atom is 0.282 e. The summed E-state index contributed by atoms with van der Waals surface area (Å²) in [6, 6.07) is 9.46. The average molecular weight is 309 g/mol. The molecule has 2 aromatic rings. The quantitative estimate of drug-likeness (QED) is 0.860. The highest BCUT2D eigenvalue weighted by Gasteiger charge is 2.24. The van der Waals surface area contributed by atoms with E-state index in [9.17, 15) is 8.42 Å². The first-order valence-corrected chi connectivity index (χ1v) is 7.88. The molecule has 1 heterocycles. The smallest absolute Gasteiger partial charge is 0.263 e. The van der Waals surface area contributed by atoms with Crippen molar-refractivity contribution in [3.05, 3.63) is 47.5 Å². The van der Waals surface area contributed by atoms with Crippen LogP contribution in [0.2, 0.25) is 0 Å². The van der Waals surface area contributed by atoms with Crippen molar-refractivity contribution in [1.29, 1.82) is 0 Å². The van der Waals surface area contributed by atoms with E-state index < -0.39 is 10.2 Å². The molecule has 7 nitrogen and oxygen atoms in total. The van der Waals surface area contributed by atoms with Crippen molar-refractivity contribution >= 4 is 10.2 Å². The van der Waals surface area contributed by atoms with Crippen LogP contribution in [0.3, 0.4) is 0 Å². The van der Waals surface area contributed by atoms with Crippen LogP contribution in [0.25, 0.3) is 0 Å². The van der Waals surface area contributed by atoms with Gasteiger partial charge in [-0.1, -0.05) is 30.3 Å². The minimum Gasteiger partial charge on any atom is -0.263 e. The van der Waals surface area contributed by atoms with Crippen molar-refractivity contribution in [2.75, 3.05) is 14.1 Å². The third kappa shape index (κ3) is 3.87. The van der Waals surface area contributed by atoms with E-state index in [1.807, 2.05) is 30.3 Å². The standard InChI is InChI=1S/C13H19N5O2S/c1-11-14-13(16-15-11)10-18(3)21(19,20)17(2)9-12-7-5-4-6-8-12/h4-8H,9-10H2,1-3H3,(H,14,15,16). The van der Waals surface area contributed by atoms with Gasteiger partial charge in [0.25, 0.3) is 10.2 Å². The normalized spacial score (nSPS) is 12.2. The summed E-state index contributed by atoms with van der Waals surface area (Å²) in [7, 11) is -0.479. The van der Waals surface area contributed by atoms with Gasteiger partial charge in [-0.15, -0.1) is 0 Å². The lowest BCUT2D eigenvalue weighted by Crippen LogP contribution is -2.39. The number of aromatic amines is 1. The Bertz CT molecular complexity index is 684. The fraction of sp³-hybridized carbons (Fsp3) is 0.385. The van der Waals surface area contributed by atoms with E-state index in [2.05, 4.69) is 15.2 Å². The molecule has 0 spiro atoms. The topological polar surface area (TPSA) is 82.2 Å². The first-order chi connectivity index (χ1) is 9.89. The van der Waals surface area contributed by atoms with Crippen LogP contribution in [-0.2, 0) is 23.3 Å². The number of hydrogen-bond acceptors (Lipinski definition) is 4.